The number of hydrogen-bond donors (Lipinski definition) is 1. The average Bonchev–Trinajstić information content (AvgIpc) is 2.37. The van der Waals surface area contributed by atoms with Gasteiger partial charge in [-0.1, -0.05) is 5.92 Å². The first kappa shape index (κ1) is 11.7. The van der Waals surface area contributed by atoms with Crippen molar-refractivity contribution in [2.24, 2.45) is 0 Å². The molecule has 0 aromatic heterocycles. The summed E-state index contributed by atoms with van der Waals surface area (Å²) in [4.78, 5) is 2.27. The average molecular weight is 231 g/mol. The van der Waals surface area contributed by atoms with E-state index in [2.05, 4.69) is 10.8 Å². The topological polar surface area (TPSA) is 32.7 Å². The van der Waals surface area contributed by atoms with Crippen molar-refractivity contribution in [2.75, 3.05) is 24.6 Å². The van der Waals surface area contributed by atoms with Crippen molar-refractivity contribution in [1.29, 1.82) is 0 Å². The molecule has 0 saturated carbocycles. The third kappa shape index (κ3) is 3.07. The van der Waals surface area contributed by atoms with Gasteiger partial charge in [-0.25, -0.2) is 0 Å². The van der Waals surface area contributed by atoms with E-state index in [-0.39, 0.29) is 12.4 Å². The molecule has 0 bridgehead atoms. The number of anilines is 1. The number of terminal acetylenes is 1. The van der Waals surface area contributed by atoms with Crippen LogP contribution in [0.3, 0.4) is 0 Å². The number of rotatable bonds is 3. The first-order valence-corrected chi connectivity index (χ1v) is 5.95. The molecule has 0 aliphatic carbocycles. The smallest absolute Gasteiger partial charge is 0.148 e. The minimum atomic E-state index is 0.222. The van der Waals surface area contributed by atoms with Gasteiger partial charge in [0.25, 0.3) is 0 Å². The third-order valence-electron chi connectivity index (χ3n) is 2.92. The first-order valence-electron chi connectivity index (χ1n) is 5.95. The van der Waals surface area contributed by atoms with Gasteiger partial charge >= 0.3 is 0 Å². The van der Waals surface area contributed by atoms with E-state index >= 15 is 0 Å². The minimum absolute atomic E-state index is 0.222. The molecule has 17 heavy (non-hydrogen) atoms. The molecule has 0 amide bonds. The lowest BCUT2D eigenvalue weighted by atomic mass is 10.1. The summed E-state index contributed by atoms with van der Waals surface area (Å²) in [6.07, 6.45) is 8.84. The Hall–Kier alpha value is -1.82. The van der Waals surface area contributed by atoms with Gasteiger partial charge in [0.2, 0.25) is 0 Å². The Morgan fingerprint density at radius 2 is 2.00 bits per heavy atom. The quantitative estimate of drug-likeness (QED) is 0.811. The molecular weight excluding hydrogens is 214 g/mol. The van der Waals surface area contributed by atoms with Crippen LogP contribution >= 0.6 is 0 Å². The standard InChI is InChI=1S/C14H17NO2/c1-2-8-17-14-10-12(9-13(16)11-14)15-6-4-3-5-7-15/h1,9-11,16H,3-8H2. The Bertz CT molecular complexity index is 417. The summed E-state index contributed by atoms with van der Waals surface area (Å²) in [5.41, 5.74) is 1.01. The second kappa shape index (κ2) is 5.49. The zero-order valence-electron chi connectivity index (χ0n) is 9.85. The van der Waals surface area contributed by atoms with Gasteiger partial charge in [0.15, 0.2) is 0 Å². The molecule has 1 aliphatic rings. The maximum Gasteiger partial charge on any atom is 0.148 e. The summed E-state index contributed by atoms with van der Waals surface area (Å²) in [6, 6.07) is 5.29. The lowest BCUT2D eigenvalue weighted by Gasteiger charge is -2.29. The molecule has 0 unspecified atom stereocenters. The summed E-state index contributed by atoms with van der Waals surface area (Å²) in [6.45, 7) is 2.30. The Labute approximate surface area is 102 Å². The van der Waals surface area contributed by atoms with Crippen LogP contribution in [0.15, 0.2) is 18.2 Å². The molecule has 1 N–H and O–H groups in total. The number of nitrogens with zero attached hydrogens (tertiary/aromatic N) is 1. The molecule has 1 fully saturated rings. The number of hydrogen-bond acceptors (Lipinski definition) is 3. The first-order chi connectivity index (χ1) is 8.29. The minimum Gasteiger partial charge on any atom is -0.508 e. The number of benzene rings is 1. The van der Waals surface area contributed by atoms with E-state index in [0.29, 0.717) is 5.75 Å². The predicted octanol–water partition coefficient (Wildman–Crippen LogP) is 2.39. The Morgan fingerprint density at radius 1 is 1.24 bits per heavy atom. The highest BCUT2D eigenvalue weighted by atomic mass is 16.5. The zero-order chi connectivity index (χ0) is 12.1. The lowest BCUT2D eigenvalue weighted by molar-refractivity contribution is 0.366. The molecule has 0 radical (unpaired) electrons. The highest BCUT2D eigenvalue weighted by Crippen LogP contribution is 2.29. The molecule has 1 aromatic carbocycles. The maximum atomic E-state index is 9.67. The van der Waals surface area contributed by atoms with Crippen molar-refractivity contribution < 1.29 is 9.84 Å². The van der Waals surface area contributed by atoms with Crippen molar-refractivity contribution in [2.45, 2.75) is 19.3 Å². The van der Waals surface area contributed by atoms with Crippen LogP contribution in [0, 0.1) is 12.3 Å². The van der Waals surface area contributed by atoms with E-state index in [0.717, 1.165) is 18.8 Å². The van der Waals surface area contributed by atoms with Gasteiger partial charge in [-0.3, -0.25) is 0 Å². The van der Waals surface area contributed by atoms with Crippen molar-refractivity contribution in [3.8, 4) is 23.8 Å². The van der Waals surface area contributed by atoms with Gasteiger partial charge in [-0.05, 0) is 19.3 Å². The van der Waals surface area contributed by atoms with Crippen LogP contribution in [0.2, 0.25) is 0 Å². The molecule has 3 nitrogen and oxygen atoms in total. The number of ether oxygens (including phenoxy) is 1. The van der Waals surface area contributed by atoms with Crippen LogP contribution in [-0.2, 0) is 0 Å². The van der Waals surface area contributed by atoms with Gasteiger partial charge in [0.05, 0.1) is 0 Å². The molecule has 1 heterocycles. The third-order valence-corrected chi connectivity index (χ3v) is 2.92. The number of piperidine rings is 1. The second-order valence-electron chi connectivity index (χ2n) is 4.23. The van der Waals surface area contributed by atoms with Crippen LogP contribution < -0.4 is 9.64 Å². The van der Waals surface area contributed by atoms with Crippen LogP contribution in [-0.4, -0.2) is 24.8 Å². The van der Waals surface area contributed by atoms with E-state index in [9.17, 15) is 5.11 Å². The summed E-state index contributed by atoms with van der Waals surface area (Å²) in [7, 11) is 0. The van der Waals surface area contributed by atoms with Crippen molar-refractivity contribution >= 4 is 5.69 Å². The molecule has 0 atom stereocenters. The van der Waals surface area contributed by atoms with E-state index in [1.165, 1.54) is 19.3 Å². The highest BCUT2D eigenvalue weighted by molar-refractivity contribution is 5.55. The van der Waals surface area contributed by atoms with E-state index < -0.39 is 0 Å². The Morgan fingerprint density at radius 3 is 2.71 bits per heavy atom. The van der Waals surface area contributed by atoms with Crippen LogP contribution in [0.1, 0.15) is 19.3 Å². The Balaban J connectivity index is 2.15. The SMILES string of the molecule is C#CCOc1cc(O)cc(N2CCCCC2)c1. The second-order valence-corrected chi connectivity index (χ2v) is 4.23. The summed E-state index contributed by atoms with van der Waals surface area (Å²) in [5.74, 6) is 3.27. The predicted molar refractivity (Wildman–Crippen MR) is 68.5 cm³/mol. The summed E-state index contributed by atoms with van der Waals surface area (Å²) < 4.78 is 5.34. The van der Waals surface area contributed by atoms with Crippen molar-refractivity contribution in [1.82, 2.24) is 0 Å². The van der Waals surface area contributed by atoms with Crippen molar-refractivity contribution in [3.05, 3.63) is 18.2 Å². The fraction of sp³-hybridized carbons (Fsp3) is 0.429. The monoisotopic (exact) mass is 231 g/mol. The normalized spacial score (nSPS) is 15.4. The molecular formula is C14H17NO2. The number of aromatic hydroxyl groups is 1. The van der Waals surface area contributed by atoms with Crippen LogP contribution in [0.5, 0.6) is 11.5 Å². The van der Waals surface area contributed by atoms with E-state index in [1.54, 1.807) is 12.1 Å². The van der Waals surface area contributed by atoms with Gasteiger partial charge in [-0.2, -0.15) is 0 Å². The van der Waals surface area contributed by atoms with E-state index in [4.69, 9.17) is 11.2 Å². The van der Waals surface area contributed by atoms with Gasteiger partial charge in [-0.15, -0.1) is 6.42 Å². The van der Waals surface area contributed by atoms with Gasteiger partial charge in [0.1, 0.15) is 18.1 Å². The van der Waals surface area contributed by atoms with Gasteiger partial charge in [0, 0.05) is 37.0 Å². The Kier molecular flexibility index (Phi) is 3.77. The molecule has 2 rings (SSSR count). The molecule has 3 heteroatoms. The fourth-order valence-electron chi connectivity index (χ4n) is 2.11. The fourth-order valence-corrected chi connectivity index (χ4v) is 2.11. The molecule has 1 aromatic rings. The highest BCUT2D eigenvalue weighted by Gasteiger charge is 2.12. The van der Waals surface area contributed by atoms with Gasteiger partial charge < -0.3 is 14.7 Å². The molecule has 0 spiro atoms. The number of phenolic OH excluding ortho intramolecular Hbond substituents is 1. The maximum absolute atomic E-state index is 9.67. The summed E-state index contributed by atoms with van der Waals surface area (Å²) in [5, 5.41) is 9.67. The van der Waals surface area contributed by atoms with Crippen LogP contribution in [0.25, 0.3) is 0 Å². The van der Waals surface area contributed by atoms with Crippen LogP contribution in [0.4, 0.5) is 5.69 Å². The van der Waals surface area contributed by atoms with E-state index in [1.807, 2.05) is 6.07 Å². The zero-order valence-corrected chi connectivity index (χ0v) is 9.85. The molecule has 1 saturated heterocycles. The summed E-state index contributed by atoms with van der Waals surface area (Å²) >= 11 is 0. The largest absolute Gasteiger partial charge is 0.508 e. The molecule has 1 aliphatic heterocycles. The lowest BCUT2D eigenvalue weighted by Crippen LogP contribution is -2.29. The molecule has 90 valence electrons. The van der Waals surface area contributed by atoms with Crippen molar-refractivity contribution in [3.63, 3.8) is 0 Å². The number of phenols is 1.